The van der Waals surface area contributed by atoms with Crippen LogP contribution in [0.25, 0.3) is 0 Å². The summed E-state index contributed by atoms with van der Waals surface area (Å²) in [6.07, 6.45) is 4.71. The summed E-state index contributed by atoms with van der Waals surface area (Å²) in [5, 5.41) is 3.65. The molecule has 1 saturated carbocycles. The van der Waals surface area contributed by atoms with Gasteiger partial charge in [-0.3, -0.25) is 0 Å². The highest BCUT2D eigenvalue weighted by Crippen LogP contribution is 2.24. The van der Waals surface area contributed by atoms with Crippen LogP contribution in [-0.2, 0) is 6.54 Å². The van der Waals surface area contributed by atoms with Crippen LogP contribution < -0.4 is 15.8 Å². The summed E-state index contributed by atoms with van der Waals surface area (Å²) < 4.78 is 5.40. The predicted octanol–water partition coefficient (Wildman–Crippen LogP) is 2.67. The average molecular weight is 262 g/mol. The second kappa shape index (κ2) is 6.40. The highest BCUT2D eigenvalue weighted by molar-refractivity contribution is 5.43. The van der Waals surface area contributed by atoms with Crippen molar-refractivity contribution >= 4 is 0 Å². The molecule has 1 aliphatic carbocycles. The van der Waals surface area contributed by atoms with Crippen molar-refractivity contribution in [2.24, 2.45) is 5.73 Å². The third-order valence-corrected chi connectivity index (χ3v) is 4.09. The number of methoxy groups -OCH3 is 1. The normalized spacial score (nSPS) is 23.4. The maximum atomic E-state index is 5.93. The molecular weight excluding hydrogens is 236 g/mol. The van der Waals surface area contributed by atoms with E-state index >= 15 is 0 Å². The van der Waals surface area contributed by atoms with Gasteiger partial charge in [0.1, 0.15) is 5.75 Å². The average Bonchev–Trinajstić information content (AvgIpc) is 2.38. The number of hydrogen-bond donors (Lipinski definition) is 2. The summed E-state index contributed by atoms with van der Waals surface area (Å²) in [7, 11) is 1.73. The molecule has 0 saturated heterocycles. The third-order valence-electron chi connectivity index (χ3n) is 4.09. The SMILES string of the molecule is COc1c(C)cc(CNC2CCC(N)CC2)cc1C. The Hall–Kier alpha value is -1.06. The molecule has 1 aromatic rings. The van der Waals surface area contributed by atoms with E-state index in [0.29, 0.717) is 12.1 Å². The van der Waals surface area contributed by atoms with E-state index in [1.165, 1.54) is 29.5 Å². The lowest BCUT2D eigenvalue weighted by molar-refractivity contribution is 0.341. The summed E-state index contributed by atoms with van der Waals surface area (Å²) >= 11 is 0. The van der Waals surface area contributed by atoms with E-state index in [-0.39, 0.29) is 0 Å². The molecule has 2 rings (SSSR count). The van der Waals surface area contributed by atoms with E-state index in [1.54, 1.807) is 7.11 Å². The Bertz CT molecular complexity index is 400. The molecule has 0 heterocycles. The van der Waals surface area contributed by atoms with Gasteiger partial charge in [-0.15, -0.1) is 0 Å². The fraction of sp³-hybridized carbons (Fsp3) is 0.625. The van der Waals surface area contributed by atoms with Crippen LogP contribution in [0.15, 0.2) is 12.1 Å². The summed E-state index contributed by atoms with van der Waals surface area (Å²) in [6.45, 7) is 5.15. The summed E-state index contributed by atoms with van der Waals surface area (Å²) in [6, 6.07) is 5.48. The Morgan fingerprint density at radius 3 is 2.26 bits per heavy atom. The minimum Gasteiger partial charge on any atom is -0.496 e. The van der Waals surface area contributed by atoms with E-state index in [9.17, 15) is 0 Å². The number of benzene rings is 1. The topological polar surface area (TPSA) is 47.3 Å². The molecule has 0 aromatic heterocycles. The molecule has 106 valence electrons. The lowest BCUT2D eigenvalue weighted by Crippen LogP contribution is -2.37. The number of nitrogens with one attached hydrogen (secondary N) is 1. The first-order chi connectivity index (χ1) is 9.10. The quantitative estimate of drug-likeness (QED) is 0.877. The third kappa shape index (κ3) is 3.71. The zero-order valence-electron chi connectivity index (χ0n) is 12.3. The maximum Gasteiger partial charge on any atom is 0.124 e. The van der Waals surface area contributed by atoms with Gasteiger partial charge in [-0.05, 0) is 56.2 Å². The van der Waals surface area contributed by atoms with Gasteiger partial charge in [-0.25, -0.2) is 0 Å². The van der Waals surface area contributed by atoms with E-state index in [4.69, 9.17) is 10.5 Å². The van der Waals surface area contributed by atoms with Gasteiger partial charge in [-0.2, -0.15) is 0 Å². The molecule has 0 unspecified atom stereocenters. The molecule has 3 heteroatoms. The van der Waals surface area contributed by atoms with Crippen molar-refractivity contribution in [3.63, 3.8) is 0 Å². The molecule has 1 fully saturated rings. The smallest absolute Gasteiger partial charge is 0.124 e. The molecule has 19 heavy (non-hydrogen) atoms. The first-order valence-corrected chi connectivity index (χ1v) is 7.23. The summed E-state index contributed by atoms with van der Waals surface area (Å²) in [5.74, 6) is 1.01. The second-order valence-corrected chi connectivity index (χ2v) is 5.76. The Kier molecular flexibility index (Phi) is 4.83. The minimum atomic E-state index is 0.420. The van der Waals surface area contributed by atoms with E-state index in [0.717, 1.165) is 25.1 Å². The highest BCUT2D eigenvalue weighted by atomic mass is 16.5. The van der Waals surface area contributed by atoms with Crippen molar-refractivity contribution < 1.29 is 4.74 Å². The molecular formula is C16H26N2O. The van der Waals surface area contributed by atoms with Gasteiger partial charge in [0.2, 0.25) is 0 Å². The van der Waals surface area contributed by atoms with Gasteiger partial charge in [0.15, 0.2) is 0 Å². The zero-order chi connectivity index (χ0) is 13.8. The fourth-order valence-electron chi connectivity index (χ4n) is 3.05. The Morgan fingerprint density at radius 2 is 1.74 bits per heavy atom. The largest absolute Gasteiger partial charge is 0.496 e. The molecule has 0 spiro atoms. The van der Waals surface area contributed by atoms with Crippen molar-refractivity contribution in [3.8, 4) is 5.75 Å². The highest BCUT2D eigenvalue weighted by Gasteiger charge is 2.17. The first-order valence-electron chi connectivity index (χ1n) is 7.23. The molecule has 0 atom stereocenters. The van der Waals surface area contributed by atoms with Crippen LogP contribution in [-0.4, -0.2) is 19.2 Å². The minimum absolute atomic E-state index is 0.420. The molecule has 0 aliphatic heterocycles. The van der Waals surface area contributed by atoms with E-state index in [1.807, 2.05) is 0 Å². The van der Waals surface area contributed by atoms with Crippen molar-refractivity contribution in [2.75, 3.05) is 7.11 Å². The number of rotatable bonds is 4. The van der Waals surface area contributed by atoms with Gasteiger partial charge in [-0.1, -0.05) is 12.1 Å². The summed E-state index contributed by atoms with van der Waals surface area (Å²) in [4.78, 5) is 0. The van der Waals surface area contributed by atoms with Crippen molar-refractivity contribution in [2.45, 2.75) is 58.2 Å². The second-order valence-electron chi connectivity index (χ2n) is 5.76. The lowest BCUT2D eigenvalue weighted by Gasteiger charge is -2.27. The van der Waals surface area contributed by atoms with Crippen LogP contribution in [0.2, 0.25) is 0 Å². The number of hydrogen-bond acceptors (Lipinski definition) is 3. The number of nitrogens with two attached hydrogens (primary N) is 1. The molecule has 1 aliphatic rings. The van der Waals surface area contributed by atoms with Crippen LogP contribution in [0.3, 0.4) is 0 Å². The van der Waals surface area contributed by atoms with Crippen LogP contribution in [0.1, 0.15) is 42.4 Å². The van der Waals surface area contributed by atoms with Crippen LogP contribution in [0.4, 0.5) is 0 Å². The van der Waals surface area contributed by atoms with Gasteiger partial charge >= 0.3 is 0 Å². The number of ether oxygens (including phenoxy) is 1. The fourth-order valence-corrected chi connectivity index (χ4v) is 3.05. The lowest BCUT2D eigenvalue weighted by atomic mass is 9.91. The van der Waals surface area contributed by atoms with Gasteiger partial charge in [0, 0.05) is 18.6 Å². The zero-order valence-corrected chi connectivity index (χ0v) is 12.3. The molecule has 0 radical (unpaired) electrons. The van der Waals surface area contributed by atoms with Crippen molar-refractivity contribution in [1.82, 2.24) is 5.32 Å². The monoisotopic (exact) mass is 262 g/mol. The maximum absolute atomic E-state index is 5.93. The Morgan fingerprint density at radius 1 is 1.16 bits per heavy atom. The first kappa shape index (κ1) is 14.4. The van der Waals surface area contributed by atoms with Crippen LogP contribution in [0, 0.1) is 13.8 Å². The van der Waals surface area contributed by atoms with Crippen LogP contribution in [0.5, 0.6) is 5.75 Å². The van der Waals surface area contributed by atoms with E-state index in [2.05, 4.69) is 31.3 Å². The molecule has 3 nitrogen and oxygen atoms in total. The van der Waals surface area contributed by atoms with Gasteiger partial charge in [0.05, 0.1) is 7.11 Å². The van der Waals surface area contributed by atoms with Crippen molar-refractivity contribution in [1.29, 1.82) is 0 Å². The summed E-state index contributed by atoms with van der Waals surface area (Å²) in [5.41, 5.74) is 9.70. The Balaban J connectivity index is 1.93. The molecule has 0 amide bonds. The molecule has 0 bridgehead atoms. The molecule has 1 aromatic carbocycles. The van der Waals surface area contributed by atoms with E-state index < -0.39 is 0 Å². The van der Waals surface area contributed by atoms with Crippen molar-refractivity contribution in [3.05, 3.63) is 28.8 Å². The van der Waals surface area contributed by atoms with Gasteiger partial charge in [0.25, 0.3) is 0 Å². The van der Waals surface area contributed by atoms with Gasteiger partial charge < -0.3 is 15.8 Å². The van der Waals surface area contributed by atoms with Crippen LogP contribution >= 0.6 is 0 Å². The predicted molar refractivity (Wildman–Crippen MR) is 79.5 cm³/mol. The molecule has 3 N–H and O–H groups in total. The standard InChI is InChI=1S/C16H26N2O/c1-11-8-13(9-12(2)16(11)19-3)10-18-15-6-4-14(17)5-7-15/h8-9,14-15,18H,4-7,10,17H2,1-3H3. The number of aryl methyl sites for hydroxylation is 2. The Labute approximate surface area is 116 Å².